The van der Waals surface area contributed by atoms with E-state index in [2.05, 4.69) is 11.1 Å². The van der Waals surface area contributed by atoms with Crippen molar-refractivity contribution >= 4 is 5.82 Å². The van der Waals surface area contributed by atoms with Crippen LogP contribution in [0, 0.1) is 17.1 Å². The number of anilines is 1. The van der Waals surface area contributed by atoms with Crippen molar-refractivity contribution in [3.63, 3.8) is 0 Å². The first-order chi connectivity index (χ1) is 14.6. The van der Waals surface area contributed by atoms with Crippen molar-refractivity contribution in [2.45, 2.75) is 32.3 Å². The van der Waals surface area contributed by atoms with Crippen LogP contribution < -0.4 is 15.2 Å². The molecule has 5 nitrogen and oxygen atoms in total. The van der Waals surface area contributed by atoms with E-state index in [1.165, 1.54) is 12.1 Å². The van der Waals surface area contributed by atoms with Gasteiger partial charge in [-0.05, 0) is 66.6 Å². The van der Waals surface area contributed by atoms with Gasteiger partial charge in [-0.15, -0.1) is 0 Å². The Bertz CT molecular complexity index is 1140. The van der Waals surface area contributed by atoms with Gasteiger partial charge in [-0.1, -0.05) is 18.2 Å². The number of nitrogens with two attached hydrogens (primary N) is 1. The van der Waals surface area contributed by atoms with Crippen LogP contribution in [0.15, 0.2) is 42.5 Å². The number of nitriles is 1. The molecule has 6 heteroatoms. The number of hydrogen-bond acceptors (Lipinski definition) is 5. The second-order valence-corrected chi connectivity index (χ2v) is 7.28. The van der Waals surface area contributed by atoms with Gasteiger partial charge in [0.05, 0.1) is 7.11 Å². The van der Waals surface area contributed by atoms with Crippen LogP contribution in [0.25, 0.3) is 11.1 Å². The highest BCUT2D eigenvalue weighted by molar-refractivity contribution is 5.80. The second-order valence-electron chi connectivity index (χ2n) is 7.28. The Kier molecular flexibility index (Phi) is 5.53. The highest BCUT2D eigenvalue weighted by atomic mass is 19.1. The molecule has 0 saturated heterocycles. The maximum absolute atomic E-state index is 13.4. The number of ether oxygens (including phenoxy) is 2. The molecule has 0 atom stereocenters. The van der Waals surface area contributed by atoms with Crippen molar-refractivity contribution in [1.82, 2.24) is 4.98 Å². The molecule has 0 radical (unpaired) electrons. The molecule has 3 aromatic rings. The number of fused-ring (bicyclic) bond motifs is 1. The lowest BCUT2D eigenvalue weighted by Crippen LogP contribution is -2.12. The number of rotatable bonds is 5. The zero-order chi connectivity index (χ0) is 21.1. The molecule has 0 unspecified atom stereocenters. The molecule has 1 aliphatic carbocycles. The minimum Gasteiger partial charge on any atom is -0.493 e. The number of methoxy groups -OCH3 is 1. The summed E-state index contributed by atoms with van der Waals surface area (Å²) in [5.41, 5.74) is 10.9. The summed E-state index contributed by atoms with van der Waals surface area (Å²) in [5, 5.41) is 9.72. The van der Waals surface area contributed by atoms with Gasteiger partial charge in [-0.2, -0.15) is 5.26 Å². The van der Waals surface area contributed by atoms with Crippen LogP contribution in [0.2, 0.25) is 0 Å². The zero-order valence-corrected chi connectivity index (χ0v) is 16.7. The Balaban J connectivity index is 1.71. The average molecular weight is 403 g/mol. The summed E-state index contributed by atoms with van der Waals surface area (Å²) in [6, 6.07) is 14.1. The first-order valence-corrected chi connectivity index (χ1v) is 9.87. The smallest absolute Gasteiger partial charge is 0.161 e. The lowest BCUT2D eigenvalue weighted by Gasteiger charge is -2.21. The molecule has 152 valence electrons. The molecule has 1 aliphatic rings. The maximum Gasteiger partial charge on any atom is 0.161 e. The van der Waals surface area contributed by atoms with Gasteiger partial charge in [0.15, 0.2) is 11.5 Å². The summed E-state index contributed by atoms with van der Waals surface area (Å²) in [7, 11) is 1.57. The lowest BCUT2D eigenvalue weighted by atomic mass is 9.86. The van der Waals surface area contributed by atoms with Gasteiger partial charge in [0.1, 0.15) is 29.9 Å². The van der Waals surface area contributed by atoms with Crippen molar-refractivity contribution in [1.29, 1.82) is 5.26 Å². The number of halogens is 1. The van der Waals surface area contributed by atoms with Crippen LogP contribution in [0.3, 0.4) is 0 Å². The van der Waals surface area contributed by atoms with Crippen LogP contribution >= 0.6 is 0 Å². The molecule has 4 rings (SSSR count). The van der Waals surface area contributed by atoms with E-state index in [1.54, 1.807) is 25.3 Å². The van der Waals surface area contributed by atoms with Gasteiger partial charge < -0.3 is 15.2 Å². The van der Waals surface area contributed by atoms with Crippen molar-refractivity contribution in [3.05, 3.63) is 70.7 Å². The predicted molar refractivity (Wildman–Crippen MR) is 113 cm³/mol. The summed E-state index contributed by atoms with van der Waals surface area (Å²) >= 11 is 0. The molecule has 1 heterocycles. The van der Waals surface area contributed by atoms with Crippen molar-refractivity contribution in [3.8, 4) is 28.7 Å². The van der Waals surface area contributed by atoms with Gasteiger partial charge in [0.25, 0.3) is 0 Å². The van der Waals surface area contributed by atoms with Crippen LogP contribution in [-0.4, -0.2) is 12.1 Å². The van der Waals surface area contributed by atoms with Crippen molar-refractivity contribution < 1.29 is 13.9 Å². The number of nitrogens with zero attached hydrogens (tertiary/aromatic N) is 2. The number of pyridine rings is 1. The van der Waals surface area contributed by atoms with Gasteiger partial charge in [-0.25, -0.2) is 9.37 Å². The van der Waals surface area contributed by atoms with Gasteiger partial charge in [0, 0.05) is 11.3 Å². The molecule has 0 fully saturated rings. The molecule has 0 saturated carbocycles. The first kappa shape index (κ1) is 19.7. The predicted octanol–water partition coefficient (Wildman–Crippen LogP) is 4.81. The third-order valence-electron chi connectivity index (χ3n) is 5.35. The monoisotopic (exact) mass is 403 g/mol. The van der Waals surface area contributed by atoms with E-state index < -0.39 is 0 Å². The number of benzene rings is 2. The van der Waals surface area contributed by atoms with Gasteiger partial charge in [0.2, 0.25) is 0 Å². The molecule has 0 amide bonds. The summed E-state index contributed by atoms with van der Waals surface area (Å²) in [6.07, 6.45) is 3.86. The highest BCUT2D eigenvalue weighted by Crippen LogP contribution is 2.39. The van der Waals surface area contributed by atoms with Gasteiger partial charge in [-0.3, -0.25) is 0 Å². The maximum atomic E-state index is 13.4. The fourth-order valence-corrected chi connectivity index (χ4v) is 3.92. The van der Waals surface area contributed by atoms with E-state index in [4.69, 9.17) is 15.2 Å². The second kappa shape index (κ2) is 8.42. The number of nitrogen functional groups attached to an aromatic ring is 1. The Morgan fingerprint density at radius 2 is 1.97 bits per heavy atom. The van der Waals surface area contributed by atoms with Crippen molar-refractivity contribution in [2.75, 3.05) is 12.8 Å². The standard InChI is InChI=1S/C24H22FN3O2/c1-29-22-12-16(9-10-21(22)30-14-15-5-4-6-17(25)11-15)23-18-7-2-3-8-20(18)28-24(27)19(23)13-26/h4-6,9-12H,2-3,7-8,14H2,1H3,(H2,27,28). The third kappa shape index (κ3) is 3.79. The first-order valence-electron chi connectivity index (χ1n) is 9.87. The molecular formula is C24H22FN3O2. The number of hydrogen-bond donors (Lipinski definition) is 1. The highest BCUT2D eigenvalue weighted by Gasteiger charge is 2.22. The normalized spacial score (nSPS) is 12.7. The van der Waals surface area contributed by atoms with E-state index >= 15 is 0 Å². The lowest BCUT2D eigenvalue weighted by molar-refractivity contribution is 0.284. The van der Waals surface area contributed by atoms with Crippen LogP contribution in [0.4, 0.5) is 10.2 Å². The molecule has 2 aromatic carbocycles. The third-order valence-corrected chi connectivity index (χ3v) is 5.35. The van der Waals surface area contributed by atoms with Gasteiger partial charge >= 0.3 is 0 Å². The largest absolute Gasteiger partial charge is 0.493 e. The number of aromatic nitrogens is 1. The van der Waals surface area contributed by atoms with E-state index in [1.807, 2.05) is 12.1 Å². The Morgan fingerprint density at radius 1 is 1.13 bits per heavy atom. The summed E-state index contributed by atoms with van der Waals surface area (Å²) < 4.78 is 24.8. The fraction of sp³-hybridized carbons (Fsp3) is 0.250. The molecule has 0 spiro atoms. The molecular weight excluding hydrogens is 381 g/mol. The SMILES string of the molecule is COc1cc(-c2c(C#N)c(N)nc3c2CCCC3)ccc1OCc1cccc(F)c1. The van der Waals surface area contributed by atoms with E-state index in [9.17, 15) is 9.65 Å². The zero-order valence-electron chi connectivity index (χ0n) is 16.7. The summed E-state index contributed by atoms with van der Waals surface area (Å²) in [5.74, 6) is 1.04. The van der Waals surface area contributed by atoms with Crippen LogP contribution in [-0.2, 0) is 19.4 Å². The molecule has 2 N–H and O–H groups in total. The Labute approximate surface area is 174 Å². The minimum absolute atomic E-state index is 0.217. The van der Waals surface area contributed by atoms with E-state index in [0.29, 0.717) is 17.1 Å². The summed E-state index contributed by atoms with van der Waals surface area (Å²) in [6.45, 7) is 0.217. The molecule has 0 aliphatic heterocycles. The van der Waals surface area contributed by atoms with E-state index in [-0.39, 0.29) is 18.2 Å². The molecule has 1 aromatic heterocycles. The average Bonchev–Trinajstić information content (AvgIpc) is 2.76. The summed E-state index contributed by atoms with van der Waals surface area (Å²) in [4.78, 5) is 4.47. The topological polar surface area (TPSA) is 81.2 Å². The Morgan fingerprint density at radius 3 is 2.73 bits per heavy atom. The molecule has 30 heavy (non-hydrogen) atoms. The van der Waals surface area contributed by atoms with E-state index in [0.717, 1.165) is 53.6 Å². The minimum atomic E-state index is -0.303. The fourth-order valence-electron chi connectivity index (χ4n) is 3.92. The number of aryl methyl sites for hydroxylation is 1. The molecule has 0 bridgehead atoms. The Hall–Kier alpha value is -3.59. The van der Waals surface area contributed by atoms with Crippen LogP contribution in [0.1, 0.15) is 35.2 Å². The van der Waals surface area contributed by atoms with Crippen molar-refractivity contribution in [2.24, 2.45) is 0 Å². The quantitative estimate of drug-likeness (QED) is 0.661. The van der Waals surface area contributed by atoms with Crippen LogP contribution in [0.5, 0.6) is 11.5 Å².